The van der Waals surface area contributed by atoms with E-state index in [1.165, 1.54) is 12.1 Å². The minimum absolute atomic E-state index is 0.226. The Morgan fingerprint density at radius 2 is 1.86 bits per heavy atom. The Kier molecular flexibility index (Phi) is 3.92. The maximum absolute atomic E-state index is 12.8. The average molecular weight is 297 g/mol. The molecule has 0 unspecified atom stereocenters. The van der Waals surface area contributed by atoms with Crippen LogP contribution in [0.1, 0.15) is 21.7 Å². The molecule has 3 rings (SSSR count). The van der Waals surface area contributed by atoms with Crippen LogP contribution >= 0.6 is 0 Å². The summed E-state index contributed by atoms with van der Waals surface area (Å²) in [6.07, 6.45) is 0.644. The first kappa shape index (κ1) is 14.3. The van der Waals surface area contributed by atoms with Gasteiger partial charge in [0.2, 0.25) is 0 Å². The highest BCUT2D eigenvalue weighted by atomic mass is 19.1. The quantitative estimate of drug-likeness (QED) is 0.794. The summed E-state index contributed by atoms with van der Waals surface area (Å²) in [5, 5.41) is 3.79. The summed E-state index contributed by atoms with van der Waals surface area (Å²) in [4.78, 5) is 12.2. The van der Waals surface area contributed by atoms with Crippen LogP contribution in [-0.2, 0) is 6.42 Å². The highest BCUT2D eigenvalue weighted by Gasteiger charge is 2.16. The summed E-state index contributed by atoms with van der Waals surface area (Å²) in [7, 11) is 0. The van der Waals surface area contributed by atoms with Crippen LogP contribution in [0.25, 0.3) is 11.0 Å². The molecule has 0 saturated carbocycles. The van der Waals surface area contributed by atoms with Crippen LogP contribution < -0.4 is 5.32 Å². The summed E-state index contributed by atoms with van der Waals surface area (Å²) in [5.74, 6) is -0.137. The van der Waals surface area contributed by atoms with Gasteiger partial charge in [-0.15, -0.1) is 0 Å². The molecule has 0 aliphatic rings. The first-order valence-corrected chi connectivity index (χ1v) is 7.16. The molecule has 0 saturated heterocycles. The standard InChI is InChI=1S/C18H16FNO2/c1-12-15-4-2-3-5-16(15)22-17(12)18(21)20-11-10-13-6-8-14(19)9-7-13/h2-9H,10-11H2,1H3,(H,20,21). The highest BCUT2D eigenvalue weighted by Crippen LogP contribution is 2.24. The van der Waals surface area contributed by atoms with Gasteiger partial charge >= 0.3 is 0 Å². The molecular weight excluding hydrogens is 281 g/mol. The summed E-state index contributed by atoms with van der Waals surface area (Å²) < 4.78 is 18.4. The topological polar surface area (TPSA) is 42.2 Å². The fourth-order valence-corrected chi connectivity index (χ4v) is 2.44. The van der Waals surface area contributed by atoms with Gasteiger partial charge < -0.3 is 9.73 Å². The third kappa shape index (κ3) is 2.86. The number of carbonyl (C=O) groups is 1. The van der Waals surface area contributed by atoms with E-state index in [1.807, 2.05) is 31.2 Å². The molecule has 3 nitrogen and oxygen atoms in total. The van der Waals surface area contributed by atoms with Crippen molar-refractivity contribution >= 4 is 16.9 Å². The number of amides is 1. The van der Waals surface area contributed by atoms with Gasteiger partial charge in [-0.3, -0.25) is 4.79 Å². The number of benzene rings is 2. The van der Waals surface area contributed by atoms with Gasteiger partial charge in [0.05, 0.1) is 0 Å². The van der Waals surface area contributed by atoms with Crippen molar-refractivity contribution in [1.29, 1.82) is 0 Å². The van der Waals surface area contributed by atoms with Crippen LogP contribution in [-0.4, -0.2) is 12.5 Å². The van der Waals surface area contributed by atoms with Crippen molar-refractivity contribution in [3.63, 3.8) is 0 Å². The molecule has 0 radical (unpaired) electrons. The van der Waals surface area contributed by atoms with E-state index < -0.39 is 0 Å². The molecule has 22 heavy (non-hydrogen) atoms. The molecule has 1 heterocycles. The molecule has 1 N–H and O–H groups in total. The zero-order valence-electron chi connectivity index (χ0n) is 12.2. The van der Waals surface area contributed by atoms with E-state index in [0.29, 0.717) is 24.3 Å². The first-order chi connectivity index (χ1) is 10.6. The molecule has 1 aromatic heterocycles. The van der Waals surface area contributed by atoms with Crippen LogP contribution in [0.5, 0.6) is 0 Å². The lowest BCUT2D eigenvalue weighted by molar-refractivity contribution is 0.0928. The second-order valence-electron chi connectivity index (χ2n) is 5.18. The molecule has 0 atom stereocenters. The number of furan rings is 1. The molecule has 0 aliphatic heterocycles. The van der Waals surface area contributed by atoms with Gasteiger partial charge in [0.15, 0.2) is 5.76 Å². The van der Waals surface area contributed by atoms with Gasteiger partial charge in [0.25, 0.3) is 5.91 Å². The molecule has 2 aromatic carbocycles. The minimum atomic E-state index is -0.259. The van der Waals surface area contributed by atoms with Crippen LogP contribution in [0.4, 0.5) is 4.39 Å². The SMILES string of the molecule is Cc1c(C(=O)NCCc2ccc(F)cc2)oc2ccccc12. The number of halogens is 1. The molecule has 4 heteroatoms. The first-order valence-electron chi connectivity index (χ1n) is 7.16. The van der Waals surface area contributed by atoms with Crippen molar-refractivity contribution in [2.45, 2.75) is 13.3 Å². The Morgan fingerprint density at radius 3 is 2.59 bits per heavy atom. The smallest absolute Gasteiger partial charge is 0.287 e. The molecule has 0 fully saturated rings. The van der Waals surface area contributed by atoms with E-state index in [1.54, 1.807) is 12.1 Å². The summed E-state index contributed by atoms with van der Waals surface area (Å²) in [6.45, 7) is 2.35. The molecule has 3 aromatic rings. The van der Waals surface area contributed by atoms with Crippen molar-refractivity contribution in [1.82, 2.24) is 5.32 Å². The molecule has 0 spiro atoms. The largest absolute Gasteiger partial charge is 0.451 e. The van der Waals surface area contributed by atoms with E-state index in [-0.39, 0.29) is 11.7 Å². The van der Waals surface area contributed by atoms with Gasteiger partial charge in [0, 0.05) is 17.5 Å². The number of hydrogen-bond acceptors (Lipinski definition) is 2. The van der Waals surface area contributed by atoms with Gasteiger partial charge in [-0.05, 0) is 37.1 Å². The normalized spacial score (nSPS) is 10.8. The van der Waals surface area contributed by atoms with Gasteiger partial charge in [-0.1, -0.05) is 30.3 Å². The molecule has 112 valence electrons. The van der Waals surface area contributed by atoms with Crippen LogP contribution in [0.15, 0.2) is 52.9 Å². The second kappa shape index (κ2) is 6.02. The number of hydrogen-bond donors (Lipinski definition) is 1. The summed E-state index contributed by atoms with van der Waals surface area (Å²) >= 11 is 0. The molecule has 0 aliphatic carbocycles. The number of carbonyl (C=O) groups excluding carboxylic acids is 1. The zero-order chi connectivity index (χ0) is 15.5. The maximum atomic E-state index is 12.8. The third-order valence-electron chi connectivity index (χ3n) is 3.66. The summed E-state index contributed by atoms with van der Waals surface area (Å²) in [6, 6.07) is 13.8. The zero-order valence-corrected chi connectivity index (χ0v) is 12.2. The Bertz CT molecular complexity index is 806. The van der Waals surface area contributed by atoms with Crippen molar-refractivity contribution in [2.24, 2.45) is 0 Å². The van der Waals surface area contributed by atoms with Crippen molar-refractivity contribution in [3.05, 3.63) is 71.2 Å². The van der Waals surface area contributed by atoms with Crippen molar-refractivity contribution in [2.75, 3.05) is 6.54 Å². The molecule has 1 amide bonds. The van der Waals surface area contributed by atoms with E-state index in [9.17, 15) is 9.18 Å². The maximum Gasteiger partial charge on any atom is 0.287 e. The van der Waals surface area contributed by atoms with E-state index in [2.05, 4.69) is 5.32 Å². The summed E-state index contributed by atoms with van der Waals surface area (Å²) in [5.41, 5.74) is 2.53. The highest BCUT2D eigenvalue weighted by molar-refractivity contribution is 5.98. The third-order valence-corrected chi connectivity index (χ3v) is 3.66. The van der Waals surface area contributed by atoms with Crippen molar-refractivity contribution < 1.29 is 13.6 Å². The Labute approximate surface area is 127 Å². The number of rotatable bonds is 4. The number of fused-ring (bicyclic) bond motifs is 1. The number of para-hydroxylation sites is 1. The second-order valence-corrected chi connectivity index (χ2v) is 5.18. The predicted octanol–water partition coefficient (Wildman–Crippen LogP) is 3.85. The number of aryl methyl sites for hydroxylation is 1. The minimum Gasteiger partial charge on any atom is -0.451 e. The molecular formula is C18H16FNO2. The van der Waals surface area contributed by atoms with E-state index in [4.69, 9.17) is 4.42 Å². The Balaban J connectivity index is 1.66. The Morgan fingerprint density at radius 1 is 1.14 bits per heavy atom. The molecule has 0 bridgehead atoms. The fourth-order valence-electron chi connectivity index (χ4n) is 2.44. The number of nitrogens with one attached hydrogen (secondary N) is 1. The average Bonchev–Trinajstić information content (AvgIpc) is 2.87. The van der Waals surface area contributed by atoms with E-state index >= 15 is 0 Å². The van der Waals surface area contributed by atoms with Crippen LogP contribution in [0.3, 0.4) is 0 Å². The lowest BCUT2D eigenvalue weighted by Crippen LogP contribution is -2.25. The van der Waals surface area contributed by atoms with Crippen LogP contribution in [0, 0.1) is 12.7 Å². The van der Waals surface area contributed by atoms with Crippen molar-refractivity contribution in [3.8, 4) is 0 Å². The van der Waals surface area contributed by atoms with Crippen LogP contribution in [0.2, 0.25) is 0 Å². The Hall–Kier alpha value is -2.62. The van der Waals surface area contributed by atoms with Gasteiger partial charge in [-0.2, -0.15) is 0 Å². The lowest BCUT2D eigenvalue weighted by Gasteiger charge is -2.04. The van der Waals surface area contributed by atoms with E-state index in [0.717, 1.165) is 16.5 Å². The lowest BCUT2D eigenvalue weighted by atomic mass is 10.1. The van der Waals surface area contributed by atoms with Gasteiger partial charge in [-0.25, -0.2) is 4.39 Å². The predicted molar refractivity (Wildman–Crippen MR) is 83.4 cm³/mol. The van der Waals surface area contributed by atoms with Gasteiger partial charge in [0.1, 0.15) is 11.4 Å². The monoisotopic (exact) mass is 297 g/mol. The fraction of sp³-hybridized carbons (Fsp3) is 0.167.